The lowest BCUT2D eigenvalue weighted by atomic mass is 10.2. The third-order valence-electron chi connectivity index (χ3n) is 1.90. The molecule has 0 amide bonds. The Labute approximate surface area is 86.6 Å². The molecule has 72 valence electrons. The van der Waals surface area contributed by atoms with Crippen LogP contribution in [0.2, 0.25) is 0 Å². The first-order valence-corrected chi connectivity index (χ1v) is 5.17. The molecule has 2 rings (SSSR count). The minimum absolute atomic E-state index is 0.898. The maximum atomic E-state index is 5.33. The highest BCUT2D eigenvalue weighted by atomic mass is 32.1. The van der Waals surface area contributed by atoms with Gasteiger partial charge in [0.2, 0.25) is 0 Å². The number of benzene rings is 1. The summed E-state index contributed by atoms with van der Waals surface area (Å²) in [5.41, 5.74) is 5.67. The van der Waals surface area contributed by atoms with Crippen molar-refractivity contribution >= 4 is 17.0 Å². The van der Waals surface area contributed by atoms with Crippen LogP contribution in [-0.2, 0) is 0 Å². The monoisotopic (exact) mass is 205 g/mol. The molecule has 0 spiro atoms. The van der Waals surface area contributed by atoms with Gasteiger partial charge in [-0.15, -0.1) is 11.3 Å². The molecule has 1 aromatic heterocycles. The predicted molar refractivity (Wildman–Crippen MR) is 60.1 cm³/mol. The molecule has 1 aromatic carbocycles. The summed E-state index contributed by atoms with van der Waals surface area (Å²) in [6, 6.07) is 7.89. The number of hydrazine groups is 1. The van der Waals surface area contributed by atoms with Crippen LogP contribution in [0.25, 0.3) is 10.6 Å². The first-order chi connectivity index (χ1) is 6.79. The van der Waals surface area contributed by atoms with E-state index < -0.39 is 0 Å². The standard InChI is InChI=1S/C10H11N3S/c1-7-6-14-10(12-7)8-3-2-4-9(5-8)13-11/h2-6,13H,11H2,1H3. The molecular formula is C10H11N3S. The number of rotatable bonds is 2. The van der Waals surface area contributed by atoms with Gasteiger partial charge in [0.15, 0.2) is 0 Å². The molecule has 3 N–H and O–H groups in total. The Morgan fingerprint density at radius 2 is 2.29 bits per heavy atom. The molecule has 2 aromatic rings. The summed E-state index contributed by atoms with van der Waals surface area (Å²) < 4.78 is 0. The van der Waals surface area contributed by atoms with Crippen molar-refractivity contribution < 1.29 is 0 Å². The van der Waals surface area contributed by atoms with Crippen LogP contribution >= 0.6 is 11.3 Å². The second-order valence-corrected chi connectivity index (χ2v) is 3.88. The lowest BCUT2D eigenvalue weighted by Gasteiger charge is -2.01. The number of hydrogen-bond donors (Lipinski definition) is 2. The SMILES string of the molecule is Cc1csc(-c2cccc(NN)c2)n1. The fourth-order valence-electron chi connectivity index (χ4n) is 1.23. The molecule has 0 radical (unpaired) electrons. The maximum absolute atomic E-state index is 5.33. The number of anilines is 1. The van der Waals surface area contributed by atoms with Gasteiger partial charge in [-0.05, 0) is 19.1 Å². The third-order valence-corrected chi connectivity index (χ3v) is 2.90. The molecule has 14 heavy (non-hydrogen) atoms. The molecule has 1 heterocycles. The van der Waals surface area contributed by atoms with Crippen LogP contribution in [0.1, 0.15) is 5.69 Å². The average Bonchev–Trinajstić information content (AvgIpc) is 2.65. The Bertz CT molecular complexity index is 436. The average molecular weight is 205 g/mol. The number of aromatic nitrogens is 1. The van der Waals surface area contributed by atoms with E-state index in [9.17, 15) is 0 Å². The maximum Gasteiger partial charge on any atom is 0.123 e. The fraction of sp³-hybridized carbons (Fsp3) is 0.100. The second-order valence-electron chi connectivity index (χ2n) is 3.02. The topological polar surface area (TPSA) is 50.9 Å². The van der Waals surface area contributed by atoms with Gasteiger partial charge in [0.05, 0.1) is 0 Å². The van der Waals surface area contributed by atoms with Crippen molar-refractivity contribution in [1.29, 1.82) is 0 Å². The van der Waals surface area contributed by atoms with Crippen LogP contribution in [0.4, 0.5) is 5.69 Å². The first kappa shape index (κ1) is 9.18. The van der Waals surface area contributed by atoms with Crippen molar-refractivity contribution in [3.63, 3.8) is 0 Å². The van der Waals surface area contributed by atoms with Gasteiger partial charge >= 0.3 is 0 Å². The molecule has 0 aliphatic carbocycles. The van der Waals surface area contributed by atoms with Crippen LogP contribution in [0.5, 0.6) is 0 Å². The number of aryl methyl sites for hydroxylation is 1. The van der Waals surface area contributed by atoms with Crippen LogP contribution in [-0.4, -0.2) is 4.98 Å². The zero-order valence-corrected chi connectivity index (χ0v) is 8.64. The van der Waals surface area contributed by atoms with Crippen molar-refractivity contribution in [2.24, 2.45) is 5.84 Å². The van der Waals surface area contributed by atoms with Gasteiger partial charge in [-0.2, -0.15) is 0 Å². The molecule has 0 saturated carbocycles. The highest BCUT2D eigenvalue weighted by Gasteiger charge is 2.02. The molecule has 0 unspecified atom stereocenters. The summed E-state index contributed by atoms with van der Waals surface area (Å²) in [4.78, 5) is 4.41. The van der Waals surface area contributed by atoms with Crippen molar-refractivity contribution in [2.45, 2.75) is 6.92 Å². The van der Waals surface area contributed by atoms with E-state index in [0.717, 1.165) is 22.0 Å². The third kappa shape index (κ3) is 1.76. The Balaban J connectivity index is 2.41. The van der Waals surface area contributed by atoms with Gasteiger partial charge in [0.25, 0.3) is 0 Å². The largest absolute Gasteiger partial charge is 0.324 e. The van der Waals surface area contributed by atoms with E-state index in [1.54, 1.807) is 11.3 Å². The van der Waals surface area contributed by atoms with Gasteiger partial charge in [0.1, 0.15) is 5.01 Å². The van der Waals surface area contributed by atoms with Crippen molar-refractivity contribution in [3.8, 4) is 10.6 Å². The van der Waals surface area contributed by atoms with Crippen molar-refractivity contribution in [2.75, 3.05) is 5.43 Å². The summed E-state index contributed by atoms with van der Waals surface area (Å²) >= 11 is 1.64. The Morgan fingerprint density at radius 3 is 2.93 bits per heavy atom. The van der Waals surface area contributed by atoms with E-state index in [-0.39, 0.29) is 0 Å². The molecule has 0 atom stereocenters. The summed E-state index contributed by atoms with van der Waals surface area (Å²) in [6.07, 6.45) is 0. The molecule has 0 aliphatic heterocycles. The van der Waals surface area contributed by atoms with E-state index in [1.807, 2.05) is 36.6 Å². The van der Waals surface area contributed by atoms with Crippen LogP contribution in [0.15, 0.2) is 29.6 Å². The zero-order chi connectivity index (χ0) is 9.97. The molecule has 0 saturated heterocycles. The normalized spacial score (nSPS) is 10.1. The number of nitrogen functional groups attached to an aromatic ring is 1. The van der Waals surface area contributed by atoms with Crippen molar-refractivity contribution in [3.05, 3.63) is 35.3 Å². The minimum Gasteiger partial charge on any atom is -0.324 e. The summed E-state index contributed by atoms with van der Waals surface area (Å²) in [5, 5.41) is 3.07. The summed E-state index contributed by atoms with van der Waals surface area (Å²) in [5.74, 6) is 5.33. The van der Waals surface area contributed by atoms with Gasteiger partial charge < -0.3 is 5.43 Å². The Hall–Kier alpha value is -1.39. The number of nitrogens with two attached hydrogens (primary N) is 1. The Morgan fingerprint density at radius 1 is 1.43 bits per heavy atom. The number of nitrogens with zero attached hydrogens (tertiary/aromatic N) is 1. The van der Waals surface area contributed by atoms with E-state index in [2.05, 4.69) is 10.4 Å². The first-order valence-electron chi connectivity index (χ1n) is 4.29. The highest BCUT2D eigenvalue weighted by Crippen LogP contribution is 2.25. The molecular weight excluding hydrogens is 194 g/mol. The van der Waals surface area contributed by atoms with Crippen LogP contribution < -0.4 is 11.3 Å². The molecule has 0 fully saturated rings. The minimum atomic E-state index is 0.898. The Kier molecular flexibility index (Phi) is 2.47. The summed E-state index contributed by atoms with van der Waals surface area (Å²) in [7, 11) is 0. The molecule has 0 bridgehead atoms. The lowest BCUT2D eigenvalue weighted by molar-refractivity contribution is 1.27. The fourth-order valence-corrected chi connectivity index (χ4v) is 2.02. The van der Waals surface area contributed by atoms with E-state index in [4.69, 9.17) is 5.84 Å². The predicted octanol–water partition coefficient (Wildman–Crippen LogP) is 2.40. The van der Waals surface area contributed by atoms with Gasteiger partial charge in [-0.3, -0.25) is 5.84 Å². The van der Waals surface area contributed by atoms with Crippen LogP contribution in [0, 0.1) is 6.92 Å². The quantitative estimate of drug-likeness (QED) is 0.584. The number of nitrogens with one attached hydrogen (secondary N) is 1. The van der Waals surface area contributed by atoms with E-state index in [1.165, 1.54) is 0 Å². The highest BCUT2D eigenvalue weighted by molar-refractivity contribution is 7.13. The van der Waals surface area contributed by atoms with Gasteiger partial charge in [-0.1, -0.05) is 12.1 Å². The summed E-state index contributed by atoms with van der Waals surface area (Å²) in [6.45, 7) is 1.99. The molecule has 4 heteroatoms. The lowest BCUT2D eigenvalue weighted by Crippen LogP contribution is -2.06. The number of hydrogen-bond acceptors (Lipinski definition) is 4. The smallest absolute Gasteiger partial charge is 0.123 e. The number of thiazole rings is 1. The van der Waals surface area contributed by atoms with E-state index in [0.29, 0.717) is 0 Å². The van der Waals surface area contributed by atoms with Crippen molar-refractivity contribution in [1.82, 2.24) is 4.98 Å². The second kappa shape index (κ2) is 3.77. The van der Waals surface area contributed by atoms with E-state index >= 15 is 0 Å². The van der Waals surface area contributed by atoms with Gasteiger partial charge in [-0.25, -0.2) is 4.98 Å². The van der Waals surface area contributed by atoms with Crippen LogP contribution in [0.3, 0.4) is 0 Å². The zero-order valence-electron chi connectivity index (χ0n) is 7.82. The van der Waals surface area contributed by atoms with Gasteiger partial charge in [0, 0.05) is 22.3 Å². The molecule has 0 aliphatic rings. The molecule has 3 nitrogen and oxygen atoms in total.